The first-order valence-corrected chi connectivity index (χ1v) is 1.72. The number of hydrazine groups is 1. The molecule has 5 nitrogen and oxygen atoms in total. The summed E-state index contributed by atoms with van der Waals surface area (Å²) in [5.41, 5.74) is 3.22. The van der Waals surface area contributed by atoms with Crippen LogP contribution in [-0.4, -0.2) is 29.7 Å². The molecule has 0 aliphatic heterocycles. The maximum Gasteiger partial charge on any atom is -0.0180 e. The van der Waals surface area contributed by atoms with Crippen LogP contribution >= 0.6 is 0 Å². The summed E-state index contributed by atoms with van der Waals surface area (Å²) in [5.74, 6) is 6.60. The lowest BCUT2D eigenvalue weighted by Crippen LogP contribution is -2.26. The molecular weight excluding hydrogens is 96.0 g/mol. The van der Waals surface area contributed by atoms with Gasteiger partial charge in [0.15, 0.2) is 0 Å². The van der Waals surface area contributed by atoms with Gasteiger partial charge in [-0.3, -0.25) is 0 Å². The molecule has 0 saturated carbocycles. The van der Waals surface area contributed by atoms with Gasteiger partial charge in [0.05, 0.1) is 0 Å². The van der Waals surface area contributed by atoms with Gasteiger partial charge in [-0.2, -0.15) is 0 Å². The van der Waals surface area contributed by atoms with Crippen molar-refractivity contribution in [3.05, 3.63) is 11.3 Å². The van der Waals surface area contributed by atoms with Crippen molar-refractivity contribution in [2.24, 2.45) is 0 Å². The zero-order valence-electron chi connectivity index (χ0n) is 4.29. The van der Waals surface area contributed by atoms with Gasteiger partial charge in [0, 0.05) is 0 Å². The Kier molecular flexibility index (Phi) is 2.81. The molecule has 0 fully saturated rings. The number of nitrogens with one attached hydrogen (secondary N) is 1. The molecule has 0 aromatic heterocycles. The van der Waals surface area contributed by atoms with Crippen molar-refractivity contribution in [2.75, 3.05) is 14.1 Å². The van der Waals surface area contributed by atoms with E-state index in [1.165, 1.54) is 14.1 Å². The molecule has 0 rings (SSSR count). The third-order valence-electron chi connectivity index (χ3n) is 0.447. The minimum Gasteiger partial charge on any atom is -0.594 e. The van der Waals surface area contributed by atoms with E-state index < -0.39 is 0 Å². The lowest BCUT2D eigenvalue weighted by atomic mass is 11.4. The SMILES string of the molecule is C[N-]N(O)N(C)[NH-]. The Bertz CT molecular complexity index is 47.0. The first kappa shape index (κ1) is 6.80. The number of hydrogen-bond acceptors (Lipinski definition) is 3. The monoisotopic (exact) mass is 104 g/mol. The molecule has 0 atom stereocenters. The Labute approximate surface area is 42.2 Å². The minimum atomic E-state index is 0.417. The molecule has 44 valence electrons. The second-order valence-electron chi connectivity index (χ2n) is 0.992. The predicted molar refractivity (Wildman–Crippen MR) is 25.0 cm³/mol. The summed E-state index contributed by atoms with van der Waals surface area (Å²) in [7, 11) is 2.73. The standard InChI is InChI=1S/C2H8N4O/c1-4-6(7)5(2)3/h3,7H,1-2H3/q-2. The van der Waals surface area contributed by atoms with Gasteiger partial charge < -0.3 is 21.6 Å². The average molecular weight is 104 g/mol. The van der Waals surface area contributed by atoms with Crippen molar-refractivity contribution in [1.29, 1.82) is 0 Å². The molecule has 0 amide bonds. The van der Waals surface area contributed by atoms with E-state index in [2.05, 4.69) is 5.43 Å². The molecule has 0 spiro atoms. The summed E-state index contributed by atoms with van der Waals surface area (Å²) in [6.45, 7) is 0. The van der Waals surface area contributed by atoms with E-state index in [9.17, 15) is 0 Å². The van der Waals surface area contributed by atoms with Crippen LogP contribution in [-0.2, 0) is 0 Å². The van der Waals surface area contributed by atoms with Gasteiger partial charge in [0.2, 0.25) is 0 Å². The Morgan fingerprint density at radius 1 is 1.71 bits per heavy atom. The molecule has 0 heterocycles. The first-order valence-electron chi connectivity index (χ1n) is 1.72. The van der Waals surface area contributed by atoms with Gasteiger partial charge in [0.1, 0.15) is 0 Å². The molecule has 2 N–H and O–H groups in total. The van der Waals surface area contributed by atoms with E-state index in [0.717, 1.165) is 0 Å². The topological polar surface area (TPSA) is 64.6 Å². The van der Waals surface area contributed by atoms with Crippen molar-refractivity contribution in [1.82, 2.24) is 10.4 Å². The largest absolute Gasteiger partial charge is 0.594 e. The maximum atomic E-state index is 8.34. The lowest BCUT2D eigenvalue weighted by molar-refractivity contribution is -0.182. The highest BCUT2D eigenvalue weighted by molar-refractivity contribution is 4.53. The molecule has 0 aromatic rings. The van der Waals surface area contributed by atoms with Crippen LogP contribution < -0.4 is 0 Å². The summed E-state index contributed by atoms with van der Waals surface area (Å²) in [6, 6.07) is 0. The van der Waals surface area contributed by atoms with Gasteiger partial charge in [-0.15, -0.1) is 7.05 Å². The smallest absolute Gasteiger partial charge is 0.0180 e. The van der Waals surface area contributed by atoms with Crippen LogP contribution in [0.5, 0.6) is 0 Å². The fourth-order valence-electron chi connectivity index (χ4n) is 0.134. The molecule has 0 bridgehead atoms. The third kappa shape index (κ3) is 2.49. The van der Waals surface area contributed by atoms with E-state index in [4.69, 9.17) is 11.0 Å². The summed E-state index contributed by atoms with van der Waals surface area (Å²) >= 11 is 0. The molecule has 0 aromatic carbocycles. The predicted octanol–water partition coefficient (Wildman–Crippen LogP) is 0.410. The second kappa shape index (κ2) is 2.89. The van der Waals surface area contributed by atoms with Crippen LogP contribution in [0.2, 0.25) is 0 Å². The molecule has 0 unspecified atom stereocenters. The summed E-state index contributed by atoms with van der Waals surface area (Å²) in [4.78, 5) is 0. The van der Waals surface area contributed by atoms with Crippen molar-refractivity contribution in [2.45, 2.75) is 0 Å². The Hall–Kier alpha value is -0.200. The molecule has 5 heteroatoms. The highest BCUT2D eigenvalue weighted by Gasteiger charge is 1.74. The van der Waals surface area contributed by atoms with Gasteiger partial charge in [-0.1, -0.05) is 0 Å². The van der Waals surface area contributed by atoms with E-state index in [0.29, 0.717) is 10.4 Å². The Balaban J connectivity index is 3.14. The van der Waals surface area contributed by atoms with E-state index in [1.54, 1.807) is 0 Å². The van der Waals surface area contributed by atoms with Gasteiger partial charge in [-0.25, -0.2) is 5.28 Å². The van der Waals surface area contributed by atoms with E-state index >= 15 is 0 Å². The quantitative estimate of drug-likeness (QED) is 0.516. The van der Waals surface area contributed by atoms with Crippen molar-refractivity contribution < 1.29 is 5.21 Å². The summed E-state index contributed by atoms with van der Waals surface area (Å²) < 4.78 is 0. The Morgan fingerprint density at radius 3 is 2.14 bits per heavy atom. The molecule has 0 aliphatic rings. The first-order chi connectivity index (χ1) is 3.18. The van der Waals surface area contributed by atoms with Crippen molar-refractivity contribution in [3.63, 3.8) is 0 Å². The van der Waals surface area contributed by atoms with E-state index in [-0.39, 0.29) is 0 Å². The minimum absolute atomic E-state index is 0.417. The van der Waals surface area contributed by atoms with Gasteiger partial charge >= 0.3 is 0 Å². The summed E-state index contributed by atoms with van der Waals surface area (Å²) in [5, 5.41) is 9.45. The zero-order valence-corrected chi connectivity index (χ0v) is 4.29. The number of hydrogen-bond donors (Lipinski definition) is 1. The van der Waals surface area contributed by atoms with Gasteiger partial charge in [0.25, 0.3) is 0 Å². The van der Waals surface area contributed by atoms with Crippen LogP contribution in [0.25, 0.3) is 11.3 Å². The molecule has 0 radical (unpaired) electrons. The van der Waals surface area contributed by atoms with Crippen LogP contribution in [0.1, 0.15) is 0 Å². The molecule has 0 aliphatic carbocycles. The normalized spacial score (nSPS) is 11.1. The molecular formula is C2H8N4O-2. The third-order valence-corrected chi connectivity index (χ3v) is 0.447. The van der Waals surface area contributed by atoms with Crippen LogP contribution in [0.15, 0.2) is 0 Å². The van der Waals surface area contributed by atoms with Gasteiger partial charge in [-0.05, 0) is 7.05 Å². The van der Waals surface area contributed by atoms with Crippen molar-refractivity contribution in [3.8, 4) is 0 Å². The van der Waals surface area contributed by atoms with E-state index in [1.807, 2.05) is 0 Å². The fraction of sp³-hybridized carbons (Fsp3) is 1.00. The fourth-order valence-corrected chi connectivity index (χ4v) is 0.134. The van der Waals surface area contributed by atoms with Crippen LogP contribution in [0.4, 0.5) is 0 Å². The van der Waals surface area contributed by atoms with Crippen LogP contribution in [0.3, 0.4) is 0 Å². The maximum absolute atomic E-state index is 8.34. The molecule has 0 saturated heterocycles. The molecule has 7 heavy (non-hydrogen) atoms. The second-order valence-corrected chi connectivity index (χ2v) is 0.992. The van der Waals surface area contributed by atoms with Crippen molar-refractivity contribution >= 4 is 0 Å². The number of rotatable bonds is 2. The average Bonchev–Trinajstić information content (AvgIpc) is 1.65. The highest BCUT2D eigenvalue weighted by atomic mass is 16.6. The lowest BCUT2D eigenvalue weighted by Gasteiger charge is -2.38. The zero-order chi connectivity index (χ0) is 5.86. The highest BCUT2D eigenvalue weighted by Crippen LogP contribution is 1.91. The summed E-state index contributed by atoms with van der Waals surface area (Å²) in [6.07, 6.45) is 0. The Morgan fingerprint density at radius 2 is 2.14 bits per heavy atom. The number of nitrogens with zero attached hydrogens (tertiary/aromatic N) is 3. The van der Waals surface area contributed by atoms with Crippen LogP contribution in [0, 0.1) is 0 Å².